The number of amides is 1. The smallest absolute Gasteiger partial charge is 0.348 e. The lowest BCUT2D eigenvalue weighted by Gasteiger charge is -1.99. The van der Waals surface area contributed by atoms with Gasteiger partial charge in [-0.1, -0.05) is 11.6 Å². The second-order valence-electron chi connectivity index (χ2n) is 6.12. The number of hydrogen-bond acceptors (Lipinski definition) is 6. The van der Waals surface area contributed by atoms with E-state index in [0.29, 0.717) is 32.0 Å². The molecule has 3 rings (SSSR count). The van der Waals surface area contributed by atoms with E-state index in [0.717, 1.165) is 16.9 Å². The van der Waals surface area contributed by atoms with Gasteiger partial charge >= 0.3 is 5.97 Å². The lowest BCUT2D eigenvalue weighted by Crippen LogP contribution is -2.07. The van der Waals surface area contributed by atoms with Crippen LogP contribution in [0.5, 0.6) is 0 Å². The summed E-state index contributed by atoms with van der Waals surface area (Å²) in [5, 5.41) is 13.0. The molecule has 0 radical (unpaired) electrons. The van der Waals surface area contributed by atoms with Gasteiger partial charge in [0.15, 0.2) is 0 Å². The number of nitrogens with zero attached hydrogens (tertiary/aromatic N) is 1. The number of nitriles is 1. The van der Waals surface area contributed by atoms with Crippen molar-refractivity contribution in [1.29, 1.82) is 5.26 Å². The van der Waals surface area contributed by atoms with E-state index >= 15 is 0 Å². The number of thiophene rings is 1. The van der Waals surface area contributed by atoms with E-state index in [-0.39, 0.29) is 12.2 Å². The molecule has 0 aliphatic heterocycles. The van der Waals surface area contributed by atoms with Gasteiger partial charge in [0.1, 0.15) is 27.5 Å². The highest BCUT2D eigenvalue weighted by Crippen LogP contribution is 2.33. The minimum absolute atomic E-state index is 0.226. The summed E-state index contributed by atoms with van der Waals surface area (Å²) in [7, 11) is 0. The summed E-state index contributed by atoms with van der Waals surface area (Å²) in [5.74, 6) is 0.169. The first kappa shape index (κ1) is 21.4. The molecule has 0 spiro atoms. The van der Waals surface area contributed by atoms with Gasteiger partial charge in [-0.3, -0.25) is 4.79 Å². The molecule has 30 heavy (non-hydrogen) atoms. The number of carbonyl (C=O) groups excluding carboxylic acids is 2. The first-order valence-electron chi connectivity index (χ1n) is 8.98. The normalized spacial score (nSPS) is 10.7. The lowest BCUT2D eigenvalue weighted by molar-refractivity contribution is -0.111. The summed E-state index contributed by atoms with van der Waals surface area (Å²) in [4.78, 5) is 24.6. The van der Waals surface area contributed by atoms with Gasteiger partial charge < -0.3 is 14.5 Å². The van der Waals surface area contributed by atoms with Crippen molar-refractivity contribution in [3.8, 4) is 17.4 Å². The van der Waals surface area contributed by atoms with Crippen molar-refractivity contribution in [3.05, 3.63) is 69.3 Å². The Bertz CT molecular complexity index is 1150. The van der Waals surface area contributed by atoms with Gasteiger partial charge in [-0.05, 0) is 61.9 Å². The van der Waals surface area contributed by atoms with Crippen LogP contribution >= 0.6 is 22.9 Å². The van der Waals surface area contributed by atoms with E-state index in [1.54, 1.807) is 38.1 Å². The molecule has 1 aromatic carbocycles. The molecule has 1 N–H and O–H groups in total. The van der Waals surface area contributed by atoms with Gasteiger partial charge in [0.2, 0.25) is 5.91 Å². The Labute approximate surface area is 182 Å². The summed E-state index contributed by atoms with van der Waals surface area (Å²) < 4.78 is 10.7. The molecule has 0 aliphatic carbocycles. The van der Waals surface area contributed by atoms with Gasteiger partial charge in [0, 0.05) is 16.7 Å². The number of halogens is 1. The Kier molecular flexibility index (Phi) is 6.72. The minimum atomic E-state index is -0.516. The summed E-state index contributed by atoms with van der Waals surface area (Å²) in [5.41, 5.74) is 1.59. The van der Waals surface area contributed by atoms with E-state index in [1.165, 1.54) is 12.2 Å². The second-order valence-corrected chi connectivity index (χ2v) is 7.58. The third-order valence-corrected chi connectivity index (χ3v) is 5.55. The van der Waals surface area contributed by atoms with Crippen molar-refractivity contribution in [2.24, 2.45) is 0 Å². The van der Waals surface area contributed by atoms with Gasteiger partial charge in [-0.25, -0.2) is 4.79 Å². The molecule has 2 aromatic heterocycles. The number of esters is 1. The highest BCUT2D eigenvalue weighted by molar-refractivity contribution is 7.18. The molecule has 0 saturated heterocycles. The molecular formula is C22H17ClN2O4S. The van der Waals surface area contributed by atoms with Crippen molar-refractivity contribution in [3.63, 3.8) is 0 Å². The molecule has 0 atom stereocenters. The van der Waals surface area contributed by atoms with Crippen molar-refractivity contribution < 1.29 is 18.7 Å². The summed E-state index contributed by atoms with van der Waals surface area (Å²) in [6.07, 6.45) is 2.82. The second kappa shape index (κ2) is 9.44. The van der Waals surface area contributed by atoms with Crippen molar-refractivity contribution in [2.75, 3.05) is 11.9 Å². The number of nitrogens with one attached hydrogen (secondary N) is 1. The SMILES string of the molecule is CCOC(=O)c1sc(NC(=O)/C=C/c2ccc(-c3ccc(Cl)cc3)o2)c(C#N)c1C. The van der Waals surface area contributed by atoms with Crippen LogP contribution in [0.4, 0.5) is 5.00 Å². The first-order valence-corrected chi connectivity index (χ1v) is 10.2. The molecule has 0 saturated carbocycles. The molecule has 8 heteroatoms. The Morgan fingerprint density at radius 2 is 2.00 bits per heavy atom. The fraction of sp³-hybridized carbons (Fsp3) is 0.136. The monoisotopic (exact) mass is 440 g/mol. The maximum absolute atomic E-state index is 12.3. The Balaban J connectivity index is 1.72. The molecule has 3 aromatic rings. The standard InChI is InChI=1S/C22H17ClN2O4S/c1-3-28-22(27)20-13(2)17(12-24)21(30-20)25-19(26)11-9-16-8-10-18(29-16)14-4-6-15(23)7-5-14/h4-11H,3H2,1-2H3,(H,25,26)/b11-9+. The number of benzene rings is 1. The van der Waals surface area contributed by atoms with Crippen molar-refractivity contribution >= 4 is 45.9 Å². The van der Waals surface area contributed by atoms with E-state index in [2.05, 4.69) is 5.32 Å². The van der Waals surface area contributed by atoms with Crippen LogP contribution in [0.15, 0.2) is 46.9 Å². The Morgan fingerprint density at radius 3 is 2.67 bits per heavy atom. The van der Waals surface area contributed by atoms with Crippen LogP contribution in [-0.4, -0.2) is 18.5 Å². The molecule has 0 fully saturated rings. The average molecular weight is 441 g/mol. The van der Waals surface area contributed by atoms with Gasteiger partial charge in [-0.15, -0.1) is 11.3 Å². The Hall–Kier alpha value is -3.34. The van der Waals surface area contributed by atoms with E-state index < -0.39 is 11.9 Å². The van der Waals surface area contributed by atoms with E-state index in [4.69, 9.17) is 20.8 Å². The predicted molar refractivity (Wildman–Crippen MR) is 117 cm³/mol. The van der Waals surface area contributed by atoms with Gasteiger partial charge in [-0.2, -0.15) is 5.26 Å². The number of carbonyl (C=O) groups is 2. The van der Waals surface area contributed by atoms with Gasteiger partial charge in [0.05, 0.1) is 12.2 Å². The van der Waals surface area contributed by atoms with Crippen LogP contribution < -0.4 is 5.32 Å². The minimum Gasteiger partial charge on any atom is -0.462 e. The van der Waals surface area contributed by atoms with E-state index in [9.17, 15) is 14.9 Å². The van der Waals surface area contributed by atoms with Crippen LogP contribution in [0.2, 0.25) is 5.02 Å². The average Bonchev–Trinajstić information content (AvgIpc) is 3.31. The largest absolute Gasteiger partial charge is 0.462 e. The number of furan rings is 1. The highest BCUT2D eigenvalue weighted by atomic mass is 35.5. The topological polar surface area (TPSA) is 92.3 Å². The summed E-state index contributed by atoms with van der Waals surface area (Å²) in [6.45, 7) is 3.57. The van der Waals surface area contributed by atoms with Crippen LogP contribution in [0.25, 0.3) is 17.4 Å². The molecule has 6 nitrogen and oxygen atoms in total. The van der Waals surface area contributed by atoms with Gasteiger partial charge in [0.25, 0.3) is 0 Å². The van der Waals surface area contributed by atoms with E-state index in [1.807, 2.05) is 18.2 Å². The maximum atomic E-state index is 12.3. The first-order chi connectivity index (χ1) is 14.4. The fourth-order valence-corrected chi connectivity index (χ4v) is 3.83. The van der Waals surface area contributed by atoms with Crippen LogP contribution in [0, 0.1) is 18.3 Å². The van der Waals surface area contributed by atoms with Crippen LogP contribution in [0.1, 0.15) is 33.5 Å². The summed E-state index contributed by atoms with van der Waals surface area (Å²) in [6, 6.07) is 12.8. The predicted octanol–water partition coefficient (Wildman–Crippen LogP) is 5.67. The molecule has 152 valence electrons. The molecular weight excluding hydrogens is 424 g/mol. The molecule has 0 aliphatic rings. The zero-order valence-corrected chi connectivity index (χ0v) is 17.8. The highest BCUT2D eigenvalue weighted by Gasteiger charge is 2.21. The quantitative estimate of drug-likeness (QED) is 0.393. The number of ether oxygens (including phenoxy) is 1. The molecule has 2 heterocycles. The molecule has 1 amide bonds. The molecule has 0 bridgehead atoms. The maximum Gasteiger partial charge on any atom is 0.348 e. The molecule has 0 unspecified atom stereocenters. The zero-order valence-electron chi connectivity index (χ0n) is 16.2. The Morgan fingerprint density at radius 1 is 1.27 bits per heavy atom. The van der Waals surface area contributed by atoms with Crippen molar-refractivity contribution in [1.82, 2.24) is 0 Å². The number of anilines is 1. The lowest BCUT2D eigenvalue weighted by atomic mass is 10.2. The van der Waals surface area contributed by atoms with Crippen LogP contribution in [-0.2, 0) is 9.53 Å². The van der Waals surface area contributed by atoms with Crippen LogP contribution in [0.3, 0.4) is 0 Å². The summed E-state index contributed by atoms with van der Waals surface area (Å²) >= 11 is 6.90. The third-order valence-electron chi connectivity index (χ3n) is 4.11. The number of hydrogen-bond donors (Lipinski definition) is 1. The fourth-order valence-electron chi connectivity index (χ4n) is 2.65. The van der Waals surface area contributed by atoms with Crippen molar-refractivity contribution in [2.45, 2.75) is 13.8 Å². The number of rotatable bonds is 6. The third kappa shape index (κ3) is 4.79. The zero-order chi connectivity index (χ0) is 21.7.